The summed E-state index contributed by atoms with van der Waals surface area (Å²) in [5, 5.41) is 4.59. The topological polar surface area (TPSA) is 53.1 Å². The number of nitrogens with zero attached hydrogens (tertiary/aromatic N) is 2. The number of aromatic nitrogens is 2. The molecule has 1 aromatic heterocycles. The summed E-state index contributed by atoms with van der Waals surface area (Å²) in [6.07, 6.45) is 3.19. The molecule has 0 amide bonds. The normalized spacial score (nSPS) is 11.3. The molecule has 0 unspecified atom stereocenters. The lowest BCUT2D eigenvalue weighted by Gasteiger charge is -2.09. The van der Waals surface area contributed by atoms with Gasteiger partial charge in [0.25, 0.3) is 0 Å². The molecule has 2 rings (SSSR count). The van der Waals surface area contributed by atoms with Crippen LogP contribution in [0.5, 0.6) is 5.75 Å². The van der Waals surface area contributed by atoms with Crippen LogP contribution in [0.2, 0.25) is 0 Å². The summed E-state index contributed by atoms with van der Waals surface area (Å²) in [5.41, 5.74) is 8.67. The molecular formula is C17H25N3O. The second-order valence-electron chi connectivity index (χ2n) is 6.07. The quantitative estimate of drug-likeness (QED) is 0.874. The van der Waals surface area contributed by atoms with E-state index in [1.54, 1.807) is 0 Å². The van der Waals surface area contributed by atoms with Crippen LogP contribution >= 0.6 is 0 Å². The molecule has 0 aliphatic heterocycles. The fourth-order valence-electron chi connectivity index (χ4n) is 2.13. The second kappa shape index (κ2) is 6.66. The SMILES string of the molecule is CC(C)CCn1cc(N)c(-c2ccc(OC(C)C)cc2)n1. The van der Waals surface area contributed by atoms with Crippen LogP contribution in [0.1, 0.15) is 34.1 Å². The van der Waals surface area contributed by atoms with E-state index in [1.165, 1.54) is 0 Å². The molecule has 0 fully saturated rings. The van der Waals surface area contributed by atoms with Gasteiger partial charge in [0.05, 0.1) is 11.8 Å². The smallest absolute Gasteiger partial charge is 0.119 e. The first-order chi connectivity index (χ1) is 9.95. The van der Waals surface area contributed by atoms with Crippen LogP contribution in [0.15, 0.2) is 30.5 Å². The molecule has 0 saturated heterocycles. The lowest BCUT2D eigenvalue weighted by atomic mass is 10.1. The Morgan fingerprint density at radius 3 is 2.38 bits per heavy atom. The zero-order chi connectivity index (χ0) is 15.4. The number of nitrogens with two attached hydrogens (primary N) is 1. The van der Waals surface area contributed by atoms with Gasteiger partial charge >= 0.3 is 0 Å². The Morgan fingerprint density at radius 2 is 1.81 bits per heavy atom. The molecule has 0 saturated carbocycles. The molecule has 21 heavy (non-hydrogen) atoms. The van der Waals surface area contributed by atoms with Crippen LogP contribution in [0, 0.1) is 5.92 Å². The summed E-state index contributed by atoms with van der Waals surface area (Å²) >= 11 is 0. The summed E-state index contributed by atoms with van der Waals surface area (Å²) in [4.78, 5) is 0. The molecular weight excluding hydrogens is 262 g/mol. The summed E-state index contributed by atoms with van der Waals surface area (Å²) in [6.45, 7) is 9.35. The number of hydrogen-bond donors (Lipinski definition) is 1. The Hall–Kier alpha value is -1.97. The van der Waals surface area contributed by atoms with Crippen molar-refractivity contribution in [1.29, 1.82) is 0 Å². The highest BCUT2D eigenvalue weighted by Crippen LogP contribution is 2.26. The summed E-state index contributed by atoms with van der Waals surface area (Å²) in [5.74, 6) is 1.53. The highest BCUT2D eigenvalue weighted by atomic mass is 16.5. The van der Waals surface area contributed by atoms with Crippen molar-refractivity contribution in [2.45, 2.75) is 46.8 Å². The Balaban J connectivity index is 2.14. The zero-order valence-electron chi connectivity index (χ0n) is 13.3. The average Bonchev–Trinajstić information content (AvgIpc) is 2.78. The molecule has 0 bridgehead atoms. The van der Waals surface area contributed by atoms with Gasteiger partial charge in [0, 0.05) is 18.3 Å². The standard InChI is InChI=1S/C17H25N3O/c1-12(2)9-10-20-11-16(18)17(19-20)14-5-7-15(8-6-14)21-13(3)4/h5-8,11-13H,9-10,18H2,1-4H3. The van der Waals surface area contributed by atoms with Crippen molar-refractivity contribution >= 4 is 5.69 Å². The molecule has 1 heterocycles. The van der Waals surface area contributed by atoms with Crippen LogP contribution in [0.4, 0.5) is 5.69 Å². The summed E-state index contributed by atoms with van der Waals surface area (Å²) in [6, 6.07) is 7.93. The maximum atomic E-state index is 6.08. The van der Waals surface area contributed by atoms with E-state index in [1.807, 2.05) is 49.0 Å². The first-order valence-corrected chi connectivity index (χ1v) is 7.55. The third-order valence-electron chi connectivity index (χ3n) is 3.23. The molecule has 4 heteroatoms. The van der Waals surface area contributed by atoms with Crippen LogP contribution < -0.4 is 10.5 Å². The maximum absolute atomic E-state index is 6.08. The van der Waals surface area contributed by atoms with Gasteiger partial charge in [-0.1, -0.05) is 13.8 Å². The molecule has 4 nitrogen and oxygen atoms in total. The van der Waals surface area contributed by atoms with E-state index in [0.717, 1.165) is 35.7 Å². The molecule has 0 radical (unpaired) electrons. The molecule has 2 N–H and O–H groups in total. The molecule has 2 aromatic rings. The Morgan fingerprint density at radius 1 is 1.14 bits per heavy atom. The third kappa shape index (κ3) is 4.25. The number of rotatable bonds is 6. The fourth-order valence-corrected chi connectivity index (χ4v) is 2.13. The van der Waals surface area contributed by atoms with E-state index >= 15 is 0 Å². The number of benzene rings is 1. The van der Waals surface area contributed by atoms with E-state index in [0.29, 0.717) is 5.92 Å². The van der Waals surface area contributed by atoms with Crippen molar-refractivity contribution in [3.63, 3.8) is 0 Å². The lowest BCUT2D eigenvalue weighted by Crippen LogP contribution is -2.05. The van der Waals surface area contributed by atoms with Gasteiger partial charge in [-0.2, -0.15) is 5.10 Å². The van der Waals surface area contributed by atoms with Gasteiger partial charge in [0.15, 0.2) is 0 Å². The molecule has 1 aromatic carbocycles. The predicted octanol–water partition coefficient (Wildman–Crippen LogP) is 3.97. The van der Waals surface area contributed by atoms with Crippen molar-refractivity contribution in [2.75, 3.05) is 5.73 Å². The second-order valence-corrected chi connectivity index (χ2v) is 6.07. The van der Waals surface area contributed by atoms with Crippen LogP contribution in [-0.4, -0.2) is 15.9 Å². The van der Waals surface area contributed by atoms with Gasteiger partial charge in [-0.05, 0) is 50.5 Å². The highest BCUT2D eigenvalue weighted by Gasteiger charge is 2.09. The number of nitrogen functional groups attached to an aromatic ring is 1. The molecule has 0 aliphatic rings. The summed E-state index contributed by atoms with van der Waals surface area (Å²) < 4.78 is 7.58. The van der Waals surface area contributed by atoms with Gasteiger partial charge in [-0.15, -0.1) is 0 Å². The highest BCUT2D eigenvalue weighted by molar-refractivity contribution is 5.72. The predicted molar refractivity (Wildman–Crippen MR) is 87.3 cm³/mol. The lowest BCUT2D eigenvalue weighted by molar-refractivity contribution is 0.242. The number of hydrogen-bond acceptors (Lipinski definition) is 3. The van der Waals surface area contributed by atoms with E-state index in [2.05, 4.69) is 18.9 Å². The molecule has 0 aliphatic carbocycles. The van der Waals surface area contributed by atoms with Gasteiger partial charge in [-0.3, -0.25) is 4.68 Å². The zero-order valence-corrected chi connectivity index (χ0v) is 13.3. The first kappa shape index (κ1) is 15.4. The summed E-state index contributed by atoms with van der Waals surface area (Å²) in [7, 11) is 0. The van der Waals surface area contributed by atoms with Gasteiger partial charge in [0.1, 0.15) is 11.4 Å². The average molecular weight is 287 g/mol. The Kier molecular flexibility index (Phi) is 4.89. The largest absolute Gasteiger partial charge is 0.491 e. The van der Waals surface area contributed by atoms with E-state index in [9.17, 15) is 0 Å². The number of anilines is 1. The minimum absolute atomic E-state index is 0.177. The Labute approximate surface area is 126 Å². The molecule has 0 spiro atoms. The monoisotopic (exact) mass is 287 g/mol. The van der Waals surface area contributed by atoms with Crippen LogP contribution in [0.25, 0.3) is 11.3 Å². The van der Waals surface area contributed by atoms with E-state index in [4.69, 9.17) is 10.5 Å². The minimum atomic E-state index is 0.177. The fraction of sp³-hybridized carbons (Fsp3) is 0.471. The van der Waals surface area contributed by atoms with Gasteiger partial charge < -0.3 is 10.5 Å². The van der Waals surface area contributed by atoms with Crippen molar-refractivity contribution in [3.05, 3.63) is 30.5 Å². The Bertz CT molecular complexity index is 570. The van der Waals surface area contributed by atoms with Crippen LogP contribution in [0.3, 0.4) is 0 Å². The van der Waals surface area contributed by atoms with Crippen molar-refractivity contribution in [2.24, 2.45) is 5.92 Å². The van der Waals surface area contributed by atoms with Gasteiger partial charge in [-0.25, -0.2) is 0 Å². The third-order valence-corrected chi connectivity index (χ3v) is 3.23. The molecule has 114 valence electrons. The van der Waals surface area contributed by atoms with Crippen LogP contribution in [-0.2, 0) is 6.54 Å². The number of aryl methyl sites for hydroxylation is 1. The van der Waals surface area contributed by atoms with E-state index in [-0.39, 0.29) is 6.10 Å². The van der Waals surface area contributed by atoms with Crippen molar-refractivity contribution in [3.8, 4) is 17.0 Å². The van der Waals surface area contributed by atoms with Crippen molar-refractivity contribution < 1.29 is 4.74 Å². The number of ether oxygens (including phenoxy) is 1. The molecule has 0 atom stereocenters. The van der Waals surface area contributed by atoms with Crippen molar-refractivity contribution in [1.82, 2.24) is 9.78 Å². The van der Waals surface area contributed by atoms with E-state index < -0.39 is 0 Å². The maximum Gasteiger partial charge on any atom is 0.119 e. The first-order valence-electron chi connectivity index (χ1n) is 7.55. The van der Waals surface area contributed by atoms with Gasteiger partial charge in [0.2, 0.25) is 0 Å². The minimum Gasteiger partial charge on any atom is -0.491 e.